The van der Waals surface area contributed by atoms with E-state index in [1.807, 2.05) is 0 Å². The molecule has 0 saturated carbocycles. The third-order valence-corrected chi connectivity index (χ3v) is 6.67. The van der Waals surface area contributed by atoms with Gasteiger partial charge in [-0.3, -0.25) is 0 Å². The largest absolute Gasteiger partial charge is 0.495 e. The number of hydrogen-bond acceptors (Lipinski definition) is 17. The van der Waals surface area contributed by atoms with Crippen molar-refractivity contribution in [2.45, 2.75) is 105 Å². The molecule has 0 saturated heterocycles. The highest BCUT2D eigenvalue weighted by Gasteiger charge is 2.70. The predicted molar refractivity (Wildman–Crippen MR) is 172 cm³/mol. The number of ether oxygens (including phenoxy) is 12. The van der Waals surface area contributed by atoms with Gasteiger partial charge >= 0.3 is 61.5 Å². The van der Waals surface area contributed by atoms with Crippen molar-refractivity contribution in [1.29, 1.82) is 0 Å². The summed E-state index contributed by atoms with van der Waals surface area (Å²) in [6.07, 6.45) is -68.8. The van der Waals surface area contributed by atoms with Gasteiger partial charge in [-0.25, -0.2) is 28.4 Å². The van der Waals surface area contributed by atoms with Crippen LogP contribution in [0.25, 0.3) is 0 Å². The topological polar surface area (TPSA) is 212 Å². The molecule has 0 aliphatic carbocycles. The molecule has 0 fully saturated rings. The first kappa shape index (κ1) is 65.9. The van der Waals surface area contributed by atoms with Crippen molar-refractivity contribution >= 4 is 0 Å². The minimum Gasteiger partial charge on any atom is -0.396 e. The zero-order valence-corrected chi connectivity index (χ0v) is 34.2. The van der Waals surface area contributed by atoms with E-state index >= 15 is 0 Å². The summed E-state index contributed by atoms with van der Waals surface area (Å²) in [6.45, 7) is -16.4. The van der Waals surface area contributed by atoms with Crippen LogP contribution in [-0.2, 0) is 56.8 Å². The first-order valence-corrected chi connectivity index (χ1v) is 18.5. The Bertz CT molecular complexity index is 1380. The van der Waals surface area contributed by atoms with E-state index in [2.05, 4.69) is 47.4 Å². The number of hydrogen-bond donors (Lipinski definition) is 5. The molecular formula is C31H44F20O17. The molecule has 3 unspecified atom stereocenters. The van der Waals surface area contributed by atoms with E-state index < -0.39 is 133 Å². The molecule has 37 heteroatoms. The molecule has 0 aromatic carbocycles. The summed E-state index contributed by atoms with van der Waals surface area (Å²) in [5, 5.41) is 45.7. The number of alkyl halides is 20. The highest BCUT2D eigenvalue weighted by Crippen LogP contribution is 2.46. The van der Waals surface area contributed by atoms with Crippen LogP contribution in [0.4, 0.5) is 87.8 Å². The molecule has 410 valence electrons. The molecule has 0 radical (unpaired) electrons. The summed E-state index contributed by atoms with van der Waals surface area (Å²) in [5.74, 6) is 0. The van der Waals surface area contributed by atoms with Crippen LogP contribution in [0.3, 0.4) is 0 Å². The van der Waals surface area contributed by atoms with Gasteiger partial charge in [-0.05, 0) is 25.7 Å². The average Bonchev–Trinajstić information content (AvgIpc) is 3.11. The van der Waals surface area contributed by atoms with Crippen LogP contribution in [0, 0.1) is 0 Å². The fourth-order valence-corrected chi connectivity index (χ4v) is 3.86. The van der Waals surface area contributed by atoms with Gasteiger partial charge in [0, 0.05) is 39.6 Å². The first-order valence-electron chi connectivity index (χ1n) is 18.5. The summed E-state index contributed by atoms with van der Waals surface area (Å²) in [5.41, 5.74) is 0. The van der Waals surface area contributed by atoms with Gasteiger partial charge in [-0.2, -0.15) is 70.2 Å². The van der Waals surface area contributed by atoms with Crippen molar-refractivity contribution < 1.29 is 170 Å². The third-order valence-electron chi connectivity index (χ3n) is 6.67. The summed E-state index contributed by atoms with van der Waals surface area (Å²) >= 11 is 0. The summed E-state index contributed by atoms with van der Waals surface area (Å²) in [6, 6.07) is 0. The lowest BCUT2D eigenvalue weighted by Gasteiger charge is -2.32. The highest BCUT2D eigenvalue weighted by molar-refractivity contribution is 4.73. The highest BCUT2D eigenvalue weighted by atomic mass is 19.4. The maximum Gasteiger partial charge on any atom is 0.495 e. The minimum absolute atomic E-state index is 0.0102. The van der Waals surface area contributed by atoms with Crippen molar-refractivity contribution in [3.05, 3.63) is 0 Å². The smallest absolute Gasteiger partial charge is 0.396 e. The fraction of sp³-hybridized carbons (Fsp3) is 1.00. The lowest BCUT2D eigenvalue weighted by molar-refractivity contribution is -0.567. The van der Waals surface area contributed by atoms with Crippen LogP contribution in [0.1, 0.15) is 25.7 Å². The van der Waals surface area contributed by atoms with Crippen LogP contribution in [-0.4, -0.2) is 198 Å². The number of halogens is 20. The van der Waals surface area contributed by atoms with Crippen LogP contribution in [0.15, 0.2) is 0 Å². The van der Waals surface area contributed by atoms with Gasteiger partial charge in [0.2, 0.25) is 0 Å². The number of aliphatic hydroxyl groups excluding tert-OH is 5. The Morgan fingerprint density at radius 1 is 0.309 bits per heavy atom. The molecule has 0 heterocycles. The number of rotatable bonds is 42. The van der Waals surface area contributed by atoms with E-state index in [4.69, 9.17) is 19.7 Å². The molecule has 0 aromatic rings. The molecule has 0 aliphatic rings. The van der Waals surface area contributed by atoms with Crippen molar-refractivity contribution in [3.8, 4) is 0 Å². The SMILES string of the molecule is OCCCOCCC(O)COCC(F)(F)OC(F)(F)OC(F)(F)C(F)(F)OC(F)(F)COCC(O)COCC(F)(F)OC(F)(F)OC(F)(F)C(F)(F)OC(F)(F)COCC(O)CCOCCCO. The van der Waals surface area contributed by atoms with E-state index in [-0.39, 0.29) is 65.3 Å². The third kappa shape index (κ3) is 28.7. The van der Waals surface area contributed by atoms with Crippen LogP contribution >= 0.6 is 0 Å². The van der Waals surface area contributed by atoms with Gasteiger partial charge in [0.25, 0.3) is 0 Å². The van der Waals surface area contributed by atoms with E-state index in [0.717, 1.165) is 0 Å². The second-order valence-electron chi connectivity index (χ2n) is 13.1. The Morgan fingerprint density at radius 2 is 0.559 bits per heavy atom. The zero-order valence-electron chi connectivity index (χ0n) is 34.2. The van der Waals surface area contributed by atoms with Gasteiger partial charge in [-0.15, -0.1) is 17.6 Å². The quantitative estimate of drug-likeness (QED) is 0.0320. The fourth-order valence-electron chi connectivity index (χ4n) is 3.86. The Labute approximate surface area is 368 Å². The number of aliphatic hydroxyl groups is 5. The minimum atomic E-state index is -6.97. The maximum absolute atomic E-state index is 13.8. The molecule has 0 bridgehead atoms. The lowest BCUT2D eigenvalue weighted by Crippen LogP contribution is -2.54. The Hall–Kier alpha value is -2.08. The first-order chi connectivity index (χ1) is 30.8. The van der Waals surface area contributed by atoms with Gasteiger partial charge in [-0.1, -0.05) is 0 Å². The predicted octanol–water partition coefficient (Wildman–Crippen LogP) is 4.66. The molecular weight excluding hydrogens is 1020 g/mol. The summed E-state index contributed by atoms with van der Waals surface area (Å²) < 4.78 is 315. The van der Waals surface area contributed by atoms with Crippen molar-refractivity contribution in [1.82, 2.24) is 0 Å². The molecule has 0 spiro atoms. The van der Waals surface area contributed by atoms with Crippen molar-refractivity contribution in [2.24, 2.45) is 0 Å². The van der Waals surface area contributed by atoms with E-state index in [9.17, 15) is 103 Å². The average molecular weight is 1070 g/mol. The Morgan fingerprint density at radius 3 is 0.838 bits per heavy atom. The van der Waals surface area contributed by atoms with Crippen LogP contribution in [0.2, 0.25) is 0 Å². The van der Waals surface area contributed by atoms with Crippen LogP contribution < -0.4 is 0 Å². The zero-order chi connectivity index (χ0) is 52.9. The second-order valence-corrected chi connectivity index (χ2v) is 13.1. The van der Waals surface area contributed by atoms with Gasteiger partial charge in [0.15, 0.2) is 0 Å². The molecule has 0 aromatic heterocycles. The van der Waals surface area contributed by atoms with E-state index in [1.54, 1.807) is 0 Å². The Kier molecular flexibility index (Phi) is 27.4. The standard InChI is InChI=1S/C31H44F20O17/c32-22(33,15-59-11-19(54)3-9-57-7-1-5-52)63-26(40,41)28(44,45)68-31(50,51)66-25(38,39)18-62-14-21(56)13-61-16-23(34,35)64-27(42,43)29(46,47)67-30(48,49)65-24(36,37)17-60-12-20(55)4-10-58-8-2-6-53/h19-21,52-56H,1-18H2. The molecule has 3 atom stereocenters. The molecule has 0 rings (SSSR count). The van der Waals surface area contributed by atoms with Gasteiger partial charge in [0.05, 0.1) is 38.6 Å². The molecule has 0 amide bonds. The summed E-state index contributed by atoms with van der Waals surface area (Å²) in [7, 11) is 0. The van der Waals surface area contributed by atoms with Gasteiger partial charge in [0.1, 0.15) is 32.5 Å². The van der Waals surface area contributed by atoms with E-state index in [1.165, 1.54) is 0 Å². The van der Waals surface area contributed by atoms with Crippen LogP contribution in [0.5, 0.6) is 0 Å². The van der Waals surface area contributed by atoms with E-state index in [0.29, 0.717) is 0 Å². The summed E-state index contributed by atoms with van der Waals surface area (Å²) in [4.78, 5) is 0. The molecule has 17 nitrogen and oxygen atoms in total. The molecule has 0 aliphatic heterocycles. The molecule has 68 heavy (non-hydrogen) atoms. The monoisotopic (exact) mass is 1070 g/mol. The second kappa shape index (κ2) is 28.2. The van der Waals surface area contributed by atoms with Gasteiger partial charge < -0.3 is 54.0 Å². The normalized spacial score (nSPS) is 15.8. The van der Waals surface area contributed by atoms with Crippen molar-refractivity contribution in [3.63, 3.8) is 0 Å². The van der Waals surface area contributed by atoms with Crippen molar-refractivity contribution in [2.75, 3.05) is 92.5 Å². The lowest BCUT2D eigenvalue weighted by atomic mass is 10.3. The maximum atomic E-state index is 13.8. The Balaban J connectivity index is 5.00. The molecule has 5 N–H and O–H groups in total.